The van der Waals surface area contributed by atoms with Gasteiger partial charge in [0.05, 0.1) is 79.3 Å². The van der Waals surface area contributed by atoms with Crippen LogP contribution in [-0.2, 0) is 129 Å². The minimum atomic E-state index is -0.493. The predicted molar refractivity (Wildman–Crippen MR) is 360 cm³/mol. The van der Waals surface area contributed by atoms with E-state index in [9.17, 15) is 57.5 Å². The summed E-state index contributed by atoms with van der Waals surface area (Å²) >= 11 is 0. The van der Waals surface area contributed by atoms with Crippen LogP contribution in [0.25, 0.3) is 0 Å². The Balaban J connectivity index is -0.000000256. The molecule has 0 bridgehead atoms. The minimum Gasteiger partial charge on any atom is -0.463 e. The van der Waals surface area contributed by atoms with Gasteiger partial charge < -0.3 is 71.1 Å². The summed E-state index contributed by atoms with van der Waals surface area (Å²) in [7, 11) is 0. The number of rotatable bonds is 49. The summed E-state index contributed by atoms with van der Waals surface area (Å²) in [5.74, 6) is -4.62. The standard InChI is InChI=1S/2C12H18O5.3C12H18O4.C10H14O5/c1-9(2)11(13)16-7-5-15-6-8-17-12(14)10(3)4;1-5-11(13)16-9(3)7-15-8-10(4)17-12(14)6-2;2*1-4-11(13)15-8-6-10(3)7-9-16-12(14)5-2;1-3-11(13)15-9-7-5-6-8-10-16-12(14)4-2;1-3-9(11)14-7-5-13-6-8-15-10(12)4-2/h1,3,5-8H2,2,4H3;5-6,9-10H,1-2,7-8H2,3-4H3;2*4-5,10H,1-2,6-9H2,3H3;3-4H,1-2,5-10H2;3-4H,1-2,5-8H2. The molecule has 0 saturated heterocycles. The molecule has 0 aromatic heterocycles. The molecule has 2 atom stereocenters. The van der Waals surface area contributed by atoms with Gasteiger partial charge >= 0.3 is 71.6 Å². The fourth-order valence-electron chi connectivity index (χ4n) is 5.31. The van der Waals surface area contributed by atoms with Gasteiger partial charge in [0.1, 0.15) is 38.6 Å². The lowest BCUT2D eigenvalue weighted by Crippen LogP contribution is -2.24. The molecule has 2 unspecified atom stereocenters. The van der Waals surface area contributed by atoms with Gasteiger partial charge in [-0.3, -0.25) is 0 Å². The first-order valence-electron chi connectivity index (χ1n) is 30.4. The van der Waals surface area contributed by atoms with Crippen LogP contribution in [0, 0.1) is 11.8 Å². The Morgan fingerprint density at radius 1 is 0.268 bits per heavy atom. The highest BCUT2D eigenvalue weighted by molar-refractivity contribution is 5.88. The molecule has 0 aromatic rings. The molecule has 0 radical (unpaired) electrons. The van der Waals surface area contributed by atoms with Crippen LogP contribution >= 0.6 is 0 Å². The number of esters is 12. The molecule has 0 heterocycles. The number of ether oxygens (including phenoxy) is 15. The zero-order valence-electron chi connectivity index (χ0n) is 57.6. The maximum atomic E-state index is 10.9. The van der Waals surface area contributed by atoms with E-state index < -0.39 is 59.7 Å². The van der Waals surface area contributed by atoms with E-state index in [1.54, 1.807) is 27.7 Å². The molecule has 0 amide bonds. The van der Waals surface area contributed by atoms with Crippen molar-refractivity contribution in [3.8, 4) is 0 Å². The Hall–Kier alpha value is -9.60. The van der Waals surface area contributed by atoms with Crippen LogP contribution in [0.4, 0.5) is 0 Å². The highest BCUT2D eigenvalue weighted by Crippen LogP contribution is 2.09. The van der Waals surface area contributed by atoms with Crippen molar-refractivity contribution in [1.82, 2.24) is 0 Å². The quantitative estimate of drug-likeness (QED) is 0.0238. The molecule has 0 saturated carbocycles. The van der Waals surface area contributed by atoms with Gasteiger partial charge in [-0.25, -0.2) is 57.5 Å². The van der Waals surface area contributed by atoms with Gasteiger partial charge in [0.15, 0.2) is 0 Å². The molecular formula is C70H104O27. The molecular weight excluding hydrogens is 1270 g/mol. The van der Waals surface area contributed by atoms with Crippen LogP contribution in [0.3, 0.4) is 0 Å². The molecule has 0 N–H and O–H groups in total. The molecule has 0 spiro atoms. The van der Waals surface area contributed by atoms with Crippen molar-refractivity contribution >= 4 is 71.6 Å². The van der Waals surface area contributed by atoms with Crippen molar-refractivity contribution < 1.29 is 129 Å². The third-order valence-electron chi connectivity index (χ3n) is 10.5. The average Bonchev–Trinajstić information content (AvgIpc) is 3.73. The molecule has 27 heteroatoms. The largest absolute Gasteiger partial charge is 0.463 e. The van der Waals surface area contributed by atoms with Gasteiger partial charge in [-0.15, -0.1) is 0 Å². The van der Waals surface area contributed by atoms with Gasteiger partial charge in [-0.05, 0) is 90.9 Å². The Bertz CT molecular complexity index is 2220. The van der Waals surface area contributed by atoms with E-state index in [4.69, 9.17) is 61.6 Å². The van der Waals surface area contributed by atoms with Crippen LogP contribution in [0.15, 0.2) is 151 Å². The second kappa shape index (κ2) is 72.2. The number of hydrogen-bond acceptors (Lipinski definition) is 27. The van der Waals surface area contributed by atoms with Gasteiger partial charge in [-0.2, -0.15) is 0 Å². The zero-order valence-corrected chi connectivity index (χ0v) is 57.6. The van der Waals surface area contributed by atoms with Crippen molar-refractivity contribution in [2.24, 2.45) is 11.8 Å². The SMILES string of the molecule is C=C(C)C(=O)OCCOCCOC(=O)C(=C)C.C=CC(=O)OC(C)COCC(C)OC(=O)C=C.C=CC(=O)OCCC(C)CCOC(=O)C=C.C=CC(=O)OCCC(C)CCOC(=O)C=C.C=CC(=O)OCCCCCCOC(=O)C=C.C=CC(=O)OCCOCCOC(=O)C=C. The summed E-state index contributed by atoms with van der Waals surface area (Å²) in [6.07, 6.45) is 16.9. The van der Waals surface area contributed by atoms with Crippen LogP contribution in [0.1, 0.15) is 92.9 Å². The lowest BCUT2D eigenvalue weighted by Gasteiger charge is -2.15. The summed E-state index contributed by atoms with van der Waals surface area (Å²) in [6, 6.07) is 0. The molecule has 0 aliphatic heterocycles. The number of carbonyl (C=O) groups is 12. The molecule has 0 aliphatic carbocycles. The van der Waals surface area contributed by atoms with E-state index >= 15 is 0 Å². The van der Waals surface area contributed by atoms with Crippen LogP contribution in [-0.4, -0.2) is 190 Å². The summed E-state index contributed by atoms with van der Waals surface area (Å²) in [4.78, 5) is 129. The third kappa shape index (κ3) is 80.6. The first-order valence-corrected chi connectivity index (χ1v) is 30.4. The summed E-state index contributed by atoms with van der Waals surface area (Å²) in [5.41, 5.74) is 0.695. The molecule has 546 valence electrons. The van der Waals surface area contributed by atoms with E-state index in [-0.39, 0.29) is 90.2 Å². The van der Waals surface area contributed by atoms with Crippen molar-refractivity contribution in [3.05, 3.63) is 151 Å². The Morgan fingerprint density at radius 3 is 0.691 bits per heavy atom. The first-order chi connectivity index (χ1) is 46.0. The van der Waals surface area contributed by atoms with Crippen molar-refractivity contribution in [1.29, 1.82) is 0 Å². The highest BCUT2D eigenvalue weighted by Gasteiger charge is 2.12. The normalized spacial score (nSPS) is 10.1. The maximum Gasteiger partial charge on any atom is 0.333 e. The Kier molecular flexibility index (Phi) is 73.3. The molecule has 27 nitrogen and oxygen atoms in total. The minimum absolute atomic E-state index is 0.153. The van der Waals surface area contributed by atoms with E-state index in [1.807, 2.05) is 13.8 Å². The maximum absolute atomic E-state index is 10.9. The highest BCUT2D eigenvalue weighted by atomic mass is 16.6. The summed E-state index contributed by atoms with van der Waals surface area (Å²) < 4.78 is 72.8. The molecule has 0 aliphatic rings. The Labute approximate surface area is 571 Å². The van der Waals surface area contributed by atoms with Crippen molar-refractivity contribution in [2.75, 3.05) is 106 Å². The lowest BCUT2D eigenvalue weighted by molar-refractivity contribution is -0.149. The van der Waals surface area contributed by atoms with Crippen LogP contribution in [0.2, 0.25) is 0 Å². The summed E-state index contributed by atoms with van der Waals surface area (Å²) in [6.45, 7) is 54.6. The number of unbranched alkanes of at least 4 members (excludes halogenated alkanes) is 3. The van der Waals surface area contributed by atoms with E-state index in [2.05, 4.69) is 88.4 Å². The van der Waals surface area contributed by atoms with Gasteiger partial charge in [0.25, 0.3) is 0 Å². The van der Waals surface area contributed by atoms with Gasteiger partial charge in [-0.1, -0.05) is 92.8 Å². The van der Waals surface area contributed by atoms with Crippen LogP contribution in [0.5, 0.6) is 0 Å². The number of hydrogen-bond donors (Lipinski definition) is 0. The topological polar surface area (TPSA) is 343 Å². The monoisotopic (exact) mass is 1380 g/mol. The molecule has 0 fully saturated rings. The smallest absolute Gasteiger partial charge is 0.333 e. The van der Waals surface area contributed by atoms with Crippen LogP contribution < -0.4 is 0 Å². The summed E-state index contributed by atoms with van der Waals surface area (Å²) in [5, 5.41) is 0. The lowest BCUT2D eigenvalue weighted by atomic mass is 10.1. The molecule has 0 aromatic carbocycles. The molecule has 97 heavy (non-hydrogen) atoms. The van der Waals surface area contributed by atoms with Gasteiger partial charge in [0, 0.05) is 71.9 Å². The van der Waals surface area contributed by atoms with Gasteiger partial charge in [0.2, 0.25) is 0 Å². The second-order valence-corrected chi connectivity index (χ2v) is 19.3. The van der Waals surface area contributed by atoms with E-state index in [0.29, 0.717) is 62.6 Å². The molecule has 0 rings (SSSR count). The fraction of sp³-hybridized carbons (Fsp3) is 0.486. The fourth-order valence-corrected chi connectivity index (χ4v) is 5.31. The second-order valence-electron chi connectivity index (χ2n) is 19.3. The third-order valence-corrected chi connectivity index (χ3v) is 10.5. The average molecular weight is 1380 g/mol. The first kappa shape index (κ1) is 98.5. The Morgan fingerprint density at radius 2 is 0.474 bits per heavy atom. The van der Waals surface area contributed by atoms with Crippen molar-refractivity contribution in [2.45, 2.75) is 105 Å². The van der Waals surface area contributed by atoms with Crippen molar-refractivity contribution in [3.63, 3.8) is 0 Å². The number of carbonyl (C=O) groups excluding carboxylic acids is 12. The van der Waals surface area contributed by atoms with E-state index in [1.165, 1.54) is 0 Å². The predicted octanol–water partition coefficient (Wildman–Crippen LogP) is 8.67. The van der Waals surface area contributed by atoms with E-state index in [0.717, 1.165) is 112 Å². The zero-order chi connectivity index (χ0) is 75.0.